The fourth-order valence-corrected chi connectivity index (χ4v) is 4.78. The van der Waals surface area contributed by atoms with E-state index in [2.05, 4.69) is 27.7 Å². The molecule has 0 saturated carbocycles. The van der Waals surface area contributed by atoms with Gasteiger partial charge in [0, 0.05) is 14.2 Å². The first-order chi connectivity index (χ1) is 6.83. The molecule has 3 nitrogen and oxygen atoms in total. The van der Waals surface area contributed by atoms with Crippen molar-refractivity contribution in [3.8, 4) is 0 Å². The van der Waals surface area contributed by atoms with Gasteiger partial charge in [-0.1, -0.05) is 27.7 Å². The summed E-state index contributed by atoms with van der Waals surface area (Å²) in [7, 11) is 1.54. The van der Waals surface area contributed by atoms with E-state index in [-0.39, 0.29) is 5.41 Å². The highest BCUT2D eigenvalue weighted by molar-refractivity contribution is 6.68. The summed E-state index contributed by atoms with van der Waals surface area (Å²) >= 11 is 0. The van der Waals surface area contributed by atoms with Gasteiger partial charge in [-0.3, -0.25) is 0 Å². The van der Waals surface area contributed by atoms with Crippen LogP contribution in [-0.2, 0) is 8.85 Å². The van der Waals surface area contributed by atoms with Crippen molar-refractivity contribution in [2.24, 2.45) is 11.1 Å². The van der Waals surface area contributed by atoms with E-state index in [9.17, 15) is 0 Å². The predicted molar refractivity (Wildman–Crippen MR) is 67.1 cm³/mol. The highest BCUT2D eigenvalue weighted by Crippen LogP contribution is 2.32. The maximum absolute atomic E-state index is 5.73. The van der Waals surface area contributed by atoms with Crippen LogP contribution in [0.1, 0.15) is 34.1 Å². The highest BCUT2D eigenvalue weighted by Gasteiger charge is 2.40. The molecule has 0 rings (SSSR count). The van der Waals surface area contributed by atoms with Gasteiger partial charge in [-0.2, -0.15) is 0 Å². The van der Waals surface area contributed by atoms with Gasteiger partial charge >= 0.3 is 8.56 Å². The third-order valence-corrected chi connectivity index (χ3v) is 7.36. The zero-order chi connectivity index (χ0) is 12.1. The molecule has 0 radical (unpaired) electrons. The van der Waals surface area contributed by atoms with Crippen molar-refractivity contribution in [1.29, 1.82) is 0 Å². The van der Waals surface area contributed by atoms with Crippen LogP contribution in [0.25, 0.3) is 0 Å². The molecule has 0 aliphatic carbocycles. The summed E-state index contributed by atoms with van der Waals surface area (Å²) in [6, 6.07) is 1.02. The van der Waals surface area contributed by atoms with E-state index >= 15 is 0 Å². The Balaban J connectivity index is 4.43. The lowest BCUT2D eigenvalue weighted by molar-refractivity contribution is 0.222. The van der Waals surface area contributed by atoms with Gasteiger partial charge < -0.3 is 14.6 Å². The molecule has 2 N–H and O–H groups in total. The molecule has 0 unspecified atom stereocenters. The molecule has 0 amide bonds. The van der Waals surface area contributed by atoms with E-state index < -0.39 is 8.56 Å². The molecule has 0 aromatic carbocycles. The van der Waals surface area contributed by atoms with E-state index in [1.165, 1.54) is 0 Å². The molecular weight excluding hydrogens is 206 g/mol. The summed E-state index contributed by atoms with van der Waals surface area (Å²) in [6.07, 6.45) is 1.07. The van der Waals surface area contributed by atoms with Crippen LogP contribution in [-0.4, -0.2) is 29.3 Å². The normalized spacial score (nSPS) is 13.6. The summed E-state index contributed by atoms with van der Waals surface area (Å²) in [5.41, 5.74) is 6.39. The zero-order valence-corrected chi connectivity index (χ0v) is 12.1. The first-order valence-corrected chi connectivity index (χ1v) is 7.74. The SMILES string of the molecule is CO[Si](CCC(C)(C)CN)(OC)C(C)C. The van der Waals surface area contributed by atoms with E-state index in [1.54, 1.807) is 14.2 Å². The van der Waals surface area contributed by atoms with Crippen molar-refractivity contribution >= 4 is 8.56 Å². The minimum absolute atomic E-state index is 0.185. The van der Waals surface area contributed by atoms with Crippen LogP contribution in [0.15, 0.2) is 0 Å². The van der Waals surface area contributed by atoms with Gasteiger partial charge in [0.05, 0.1) is 0 Å². The smallest absolute Gasteiger partial charge is 0.340 e. The molecule has 0 aliphatic heterocycles. The van der Waals surface area contributed by atoms with Crippen molar-refractivity contribution in [2.45, 2.75) is 45.7 Å². The van der Waals surface area contributed by atoms with E-state index in [0.717, 1.165) is 12.5 Å². The third-order valence-electron chi connectivity index (χ3n) is 3.27. The number of hydrogen-bond donors (Lipinski definition) is 1. The Morgan fingerprint density at radius 1 is 1.20 bits per heavy atom. The Morgan fingerprint density at radius 3 is 1.93 bits per heavy atom. The van der Waals surface area contributed by atoms with Crippen LogP contribution < -0.4 is 5.73 Å². The number of nitrogens with two attached hydrogens (primary N) is 1. The molecule has 0 heterocycles. The average molecular weight is 233 g/mol. The lowest BCUT2D eigenvalue weighted by atomic mass is 9.91. The van der Waals surface area contributed by atoms with Crippen molar-refractivity contribution < 1.29 is 8.85 Å². The first-order valence-electron chi connectivity index (χ1n) is 5.64. The molecule has 0 fully saturated rings. The maximum Gasteiger partial charge on any atom is 0.340 e. The fraction of sp³-hybridized carbons (Fsp3) is 1.00. The molecule has 0 aromatic rings. The molecule has 92 valence electrons. The zero-order valence-electron chi connectivity index (χ0n) is 11.1. The van der Waals surface area contributed by atoms with Crippen LogP contribution in [0.2, 0.25) is 11.6 Å². The molecule has 4 heteroatoms. The van der Waals surface area contributed by atoms with Gasteiger partial charge in [-0.05, 0) is 30.0 Å². The van der Waals surface area contributed by atoms with E-state index in [4.69, 9.17) is 14.6 Å². The molecule has 0 bridgehead atoms. The second kappa shape index (κ2) is 5.99. The van der Waals surface area contributed by atoms with Crippen LogP contribution in [0.5, 0.6) is 0 Å². The van der Waals surface area contributed by atoms with Crippen LogP contribution in [0.4, 0.5) is 0 Å². The lowest BCUT2D eigenvalue weighted by Gasteiger charge is -2.34. The van der Waals surface area contributed by atoms with Gasteiger partial charge in [-0.25, -0.2) is 0 Å². The monoisotopic (exact) mass is 233 g/mol. The summed E-state index contributed by atoms with van der Waals surface area (Å²) in [6.45, 7) is 9.45. The van der Waals surface area contributed by atoms with E-state index in [0.29, 0.717) is 12.1 Å². The minimum atomic E-state index is -2.00. The summed E-state index contributed by atoms with van der Waals surface area (Å²) < 4.78 is 11.3. The molecule has 0 aromatic heterocycles. The molecule has 15 heavy (non-hydrogen) atoms. The summed E-state index contributed by atoms with van der Waals surface area (Å²) in [5.74, 6) is 0. The maximum atomic E-state index is 5.73. The quantitative estimate of drug-likeness (QED) is 0.687. The Bertz CT molecular complexity index is 179. The van der Waals surface area contributed by atoms with Gasteiger partial charge in [-0.15, -0.1) is 0 Å². The Morgan fingerprint density at radius 2 is 1.67 bits per heavy atom. The Kier molecular flexibility index (Phi) is 6.03. The standard InChI is InChI=1S/C11H27NO2Si/c1-10(2)15(13-5,14-6)8-7-11(3,4)9-12/h10H,7-9,12H2,1-6H3. The summed E-state index contributed by atoms with van der Waals surface area (Å²) in [5, 5.41) is 0. The highest BCUT2D eigenvalue weighted by atomic mass is 28.4. The largest absolute Gasteiger partial charge is 0.397 e. The lowest BCUT2D eigenvalue weighted by Crippen LogP contribution is -2.44. The van der Waals surface area contributed by atoms with E-state index in [1.807, 2.05) is 0 Å². The summed E-state index contributed by atoms with van der Waals surface area (Å²) in [4.78, 5) is 0. The predicted octanol–water partition coefficient (Wildman–Crippen LogP) is 2.51. The number of hydrogen-bond acceptors (Lipinski definition) is 3. The molecule has 0 spiro atoms. The topological polar surface area (TPSA) is 44.5 Å². The number of rotatable bonds is 7. The van der Waals surface area contributed by atoms with Gasteiger partial charge in [0.25, 0.3) is 0 Å². The van der Waals surface area contributed by atoms with Crippen molar-refractivity contribution in [2.75, 3.05) is 20.8 Å². The van der Waals surface area contributed by atoms with Gasteiger partial charge in [0.2, 0.25) is 0 Å². The molecular formula is C11H27NO2Si. The molecule has 0 atom stereocenters. The molecule has 0 aliphatic rings. The van der Waals surface area contributed by atoms with Gasteiger partial charge in [0.1, 0.15) is 0 Å². The van der Waals surface area contributed by atoms with Crippen LogP contribution >= 0.6 is 0 Å². The Labute approximate surface area is 95.6 Å². The first kappa shape index (κ1) is 15.1. The van der Waals surface area contributed by atoms with Crippen LogP contribution in [0.3, 0.4) is 0 Å². The van der Waals surface area contributed by atoms with Crippen molar-refractivity contribution in [1.82, 2.24) is 0 Å². The second-order valence-corrected chi connectivity index (χ2v) is 9.34. The van der Waals surface area contributed by atoms with Crippen molar-refractivity contribution in [3.63, 3.8) is 0 Å². The van der Waals surface area contributed by atoms with Crippen molar-refractivity contribution in [3.05, 3.63) is 0 Å². The second-order valence-electron chi connectivity index (χ2n) is 5.24. The Hall–Kier alpha value is 0.0969. The molecule has 0 saturated heterocycles. The van der Waals surface area contributed by atoms with Crippen LogP contribution in [0, 0.1) is 5.41 Å². The third kappa shape index (κ3) is 4.22. The minimum Gasteiger partial charge on any atom is -0.397 e. The fourth-order valence-electron chi connectivity index (χ4n) is 1.66. The average Bonchev–Trinajstić information content (AvgIpc) is 2.20. The van der Waals surface area contributed by atoms with Gasteiger partial charge in [0.15, 0.2) is 0 Å².